The van der Waals surface area contributed by atoms with Gasteiger partial charge in [-0.05, 0) is 51.2 Å². The largest absolute Gasteiger partial charge is 0.508 e. The zero-order valence-corrected chi connectivity index (χ0v) is 21.9. The SMILES string of the molecule is Cc1ccc(O)c2c1C(OC(=O)c1ccccc1)C1CC3C(N(C)C)C(=O)C(C(N)=O)=C(O)C3(O)C(=O)C1=C2O. The van der Waals surface area contributed by atoms with Crippen LogP contribution in [0.3, 0.4) is 0 Å². The van der Waals surface area contributed by atoms with Gasteiger partial charge in [0.05, 0.1) is 17.2 Å². The van der Waals surface area contributed by atoms with E-state index in [1.807, 2.05) is 0 Å². The standard InChI is InChI=1S/C29H28N2O9/c1-12-9-10-16(32)19-17(12)24(40-28(38)13-7-5-4-6-8-13)14-11-15-21(31(2)3)23(34)20(27(30)37)26(36)29(15,39)25(35)18(14)22(19)33/h4-10,14-15,21,24,32-33,36,39H,11H2,1-3H3,(H2,30,37). The predicted molar refractivity (Wildman–Crippen MR) is 140 cm³/mol. The molecule has 0 heterocycles. The lowest BCUT2D eigenvalue weighted by Crippen LogP contribution is -2.66. The van der Waals surface area contributed by atoms with Gasteiger partial charge in [0, 0.05) is 23.0 Å². The number of likely N-dealkylation sites (N-methyl/N-ethyl adjacent to an activating group) is 1. The van der Waals surface area contributed by atoms with Gasteiger partial charge < -0.3 is 30.9 Å². The first kappa shape index (κ1) is 27.1. The van der Waals surface area contributed by atoms with Crippen LogP contribution in [0, 0.1) is 18.8 Å². The molecular weight excluding hydrogens is 520 g/mol. The maximum Gasteiger partial charge on any atom is 0.338 e. The summed E-state index contributed by atoms with van der Waals surface area (Å²) in [5.74, 6) is -8.82. The molecule has 2 aromatic rings. The van der Waals surface area contributed by atoms with Crippen LogP contribution in [0.4, 0.5) is 0 Å². The van der Waals surface area contributed by atoms with Crippen molar-refractivity contribution in [2.75, 3.05) is 14.1 Å². The minimum Gasteiger partial charge on any atom is -0.508 e. The number of aromatic hydroxyl groups is 1. The third kappa shape index (κ3) is 3.65. The van der Waals surface area contributed by atoms with Crippen molar-refractivity contribution in [1.82, 2.24) is 4.90 Å². The Balaban J connectivity index is 1.76. The summed E-state index contributed by atoms with van der Waals surface area (Å²) in [5, 5.41) is 44.9. The number of fused-ring (bicyclic) bond motifs is 3. The van der Waals surface area contributed by atoms with Gasteiger partial charge in [0.15, 0.2) is 11.4 Å². The summed E-state index contributed by atoms with van der Waals surface area (Å²) in [6.07, 6.45) is -1.45. The van der Waals surface area contributed by atoms with Crippen LogP contribution in [0.25, 0.3) is 5.76 Å². The van der Waals surface area contributed by atoms with Crippen molar-refractivity contribution < 1.29 is 44.3 Å². The number of nitrogens with two attached hydrogens (primary N) is 1. The number of carbonyl (C=O) groups is 4. The van der Waals surface area contributed by atoms with Gasteiger partial charge >= 0.3 is 5.97 Å². The highest BCUT2D eigenvalue weighted by Crippen LogP contribution is 2.57. The first-order valence-electron chi connectivity index (χ1n) is 12.6. The van der Waals surface area contributed by atoms with Gasteiger partial charge in [0.1, 0.15) is 28.9 Å². The van der Waals surface area contributed by atoms with E-state index in [0.717, 1.165) is 0 Å². The number of phenols is 1. The number of esters is 1. The summed E-state index contributed by atoms with van der Waals surface area (Å²) in [4.78, 5) is 54.2. The maximum absolute atomic E-state index is 14.1. The van der Waals surface area contributed by atoms with Gasteiger partial charge in [-0.2, -0.15) is 0 Å². The number of primary amides is 1. The second kappa shape index (κ2) is 9.32. The number of amides is 1. The lowest BCUT2D eigenvalue weighted by molar-refractivity contribution is -0.156. The van der Waals surface area contributed by atoms with Gasteiger partial charge in [-0.15, -0.1) is 0 Å². The third-order valence-electron chi connectivity index (χ3n) is 8.13. The highest BCUT2D eigenvalue weighted by atomic mass is 16.5. The number of aliphatic hydroxyl groups is 3. The zero-order valence-electron chi connectivity index (χ0n) is 21.9. The number of hydrogen-bond donors (Lipinski definition) is 5. The molecule has 208 valence electrons. The molecule has 1 saturated carbocycles. The number of phenolic OH excluding ortho intramolecular Hbond substituents is 1. The normalized spacial score (nSPS) is 27.7. The average Bonchev–Trinajstić information content (AvgIpc) is 2.90. The van der Waals surface area contributed by atoms with Crippen molar-refractivity contribution >= 4 is 29.2 Å². The molecule has 5 rings (SSSR count). The molecule has 3 aliphatic carbocycles. The van der Waals surface area contributed by atoms with Crippen LogP contribution in [0.2, 0.25) is 0 Å². The summed E-state index contributed by atoms with van der Waals surface area (Å²) in [6, 6.07) is 9.68. The Morgan fingerprint density at radius 3 is 2.30 bits per heavy atom. The Morgan fingerprint density at radius 1 is 1.05 bits per heavy atom. The lowest BCUT2D eigenvalue weighted by Gasteiger charge is -2.51. The summed E-state index contributed by atoms with van der Waals surface area (Å²) in [7, 11) is 3.01. The first-order chi connectivity index (χ1) is 18.8. The highest BCUT2D eigenvalue weighted by Gasteiger charge is 2.65. The topological polar surface area (TPSA) is 188 Å². The molecule has 6 N–H and O–H groups in total. The van der Waals surface area contributed by atoms with Gasteiger partial charge in [-0.3, -0.25) is 19.3 Å². The predicted octanol–water partition coefficient (Wildman–Crippen LogP) is 1.63. The molecule has 0 aliphatic heterocycles. The van der Waals surface area contributed by atoms with Crippen molar-refractivity contribution in [1.29, 1.82) is 0 Å². The highest BCUT2D eigenvalue weighted by molar-refractivity contribution is 6.24. The van der Waals surface area contributed by atoms with Crippen LogP contribution >= 0.6 is 0 Å². The number of aliphatic hydroxyl groups excluding tert-OH is 2. The Labute approximate surface area is 228 Å². The van der Waals surface area contributed by atoms with Gasteiger partial charge in [-0.1, -0.05) is 24.3 Å². The smallest absolute Gasteiger partial charge is 0.338 e. The van der Waals surface area contributed by atoms with Crippen molar-refractivity contribution in [2.45, 2.75) is 31.1 Å². The molecular formula is C29H28N2O9. The first-order valence-corrected chi connectivity index (χ1v) is 12.6. The van der Waals surface area contributed by atoms with Gasteiger partial charge in [0.2, 0.25) is 5.78 Å². The Morgan fingerprint density at radius 2 is 1.70 bits per heavy atom. The second-order valence-corrected chi connectivity index (χ2v) is 10.5. The number of benzene rings is 2. The molecule has 5 unspecified atom stereocenters. The summed E-state index contributed by atoms with van der Waals surface area (Å²) in [6.45, 7) is 1.68. The molecule has 0 radical (unpaired) electrons. The second-order valence-electron chi connectivity index (χ2n) is 10.5. The molecule has 0 spiro atoms. The number of ether oxygens (including phenoxy) is 1. The lowest BCUT2D eigenvalue weighted by atomic mass is 9.56. The van der Waals surface area contributed by atoms with Crippen LogP contribution in [-0.2, 0) is 19.1 Å². The zero-order chi connectivity index (χ0) is 29.3. The fraction of sp³-hybridized carbons (Fsp3) is 0.310. The van der Waals surface area contributed by atoms with Crippen LogP contribution < -0.4 is 5.73 Å². The van der Waals surface area contributed by atoms with E-state index >= 15 is 0 Å². The third-order valence-corrected chi connectivity index (χ3v) is 8.13. The molecule has 0 bridgehead atoms. The van der Waals surface area contributed by atoms with Crippen LogP contribution in [0.5, 0.6) is 5.75 Å². The van der Waals surface area contributed by atoms with E-state index in [2.05, 4.69) is 0 Å². The number of rotatable bonds is 4. The Bertz CT molecular complexity index is 1540. The van der Waals surface area contributed by atoms with Crippen LogP contribution in [0.15, 0.2) is 59.4 Å². The summed E-state index contributed by atoms with van der Waals surface area (Å²) < 4.78 is 5.95. The number of carbonyl (C=O) groups excluding carboxylic acids is 4. The summed E-state index contributed by atoms with van der Waals surface area (Å²) >= 11 is 0. The average molecular weight is 549 g/mol. The van der Waals surface area contributed by atoms with Crippen LogP contribution in [-0.4, -0.2) is 74.5 Å². The molecule has 0 aromatic heterocycles. The van der Waals surface area contributed by atoms with Crippen molar-refractivity contribution in [3.8, 4) is 5.75 Å². The molecule has 1 fully saturated rings. The van der Waals surface area contributed by atoms with E-state index < -0.39 is 81.4 Å². The molecule has 0 saturated heterocycles. The van der Waals surface area contributed by atoms with E-state index in [4.69, 9.17) is 10.5 Å². The molecule has 11 nitrogen and oxygen atoms in total. The molecule has 2 aromatic carbocycles. The Hall–Kier alpha value is -4.48. The quantitative estimate of drug-likeness (QED) is 0.277. The van der Waals surface area contributed by atoms with E-state index in [0.29, 0.717) is 5.56 Å². The van der Waals surface area contributed by atoms with Crippen LogP contribution in [0.1, 0.15) is 39.6 Å². The minimum absolute atomic E-state index is 0.165. The number of aryl methyl sites for hydroxylation is 1. The van der Waals surface area contributed by atoms with E-state index in [1.165, 1.54) is 37.2 Å². The number of nitrogens with zero attached hydrogens (tertiary/aromatic N) is 1. The van der Waals surface area contributed by atoms with Crippen molar-refractivity contribution in [3.05, 3.63) is 81.6 Å². The fourth-order valence-electron chi connectivity index (χ4n) is 6.34. The number of ketones is 2. The van der Waals surface area contributed by atoms with E-state index in [9.17, 15) is 39.6 Å². The van der Waals surface area contributed by atoms with Gasteiger partial charge in [-0.25, -0.2) is 4.79 Å². The summed E-state index contributed by atoms with van der Waals surface area (Å²) in [5.41, 5.74) is 2.07. The van der Waals surface area contributed by atoms with Crippen molar-refractivity contribution in [3.63, 3.8) is 0 Å². The van der Waals surface area contributed by atoms with E-state index in [1.54, 1.807) is 31.2 Å². The molecule has 11 heteroatoms. The Kier molecular flexibility index (Phi) is 6.31. The fourth-order valence-corrected chi connectivity index (χ4v) is 6.34. The number of hydrogen-bond acceptors (Lipinski definition) is 10. The monoisotopic (exact) mass is 548 g/mol. The van der Waals surface area contributed by atoms with Gasteiger partial charge in [0.25, 0.3) is 5.91 Å². The molecule has 5 atom stereocenters. The number of Topliss-reactive ketones (excluding diaryl/α,β-unsaturated/α-hetero) is 2. The minimum atomic E-state index is -2.81. The molecule has 3 aliphatic rings. The maximum atomic E-state index is 14.1. The van der Waals surface area contributed by atoms with E-state index in [-0.39, 0.29) is 23.1 Å². The molecule has 40 heavy (non-hydrogen) atoms. The molecule has 1 amide bonds. The van der Waals surface area contributed by atoms with Crippen molar-refractivity contribution in [2.24, 2.45) is 17.6 Å².